The number of hydrogen-bond acceptors (Lipinski definition) is 1. The largest absolute Gasteiger partial charge is 0.309 e. The zero-order valence-electron chi connectivity index (χ0n) is 8.61. The molecule has 1 rings (SSSR count). The fourth-order valence-electron chi connectivity index (χ4n) is 1.84. The van der Waals surface area contributed by atoms with E-state index in [0.717, 1.165) is 12.1 Å². The average Bonchev–Trinajstić information content (AvgIpc) is 2.29. The van der Waals surface area contributed by atoms with Crippen LogP contribution in [0, 0.1) is 16.7 Å². The Morgan fingerprint density at radius 2 is 2.08 bits per heavy atom. The molecule has 0 spiro atoms. The van der Waals surface area contributed by atoms with E-state index in [9.17, 15) is 0 Å². The molecule has 0 heterocycles. The van der Waals surface area contributed by atoms with E-state index in [4.69, 9.17) is 5.41 Å². The predicted octanol–water partition coefficient (Wildman–Crippen LogP) is 3.63. The fraction of sp³-hybridized carbons (Fsp3) is 0.909. The molecule has 0 saturated heterocycles. The van der Waals surface area contributed by atoms with Crippen LogP contribution in [-0.2, 0) is 0 Å². The van der Waals surface area contributed by atoms with E-state index >= 15 is 0 Å². The minimum absolute atomic E-state index is 0.447. The molecule has 1 nitrogen and oxygen atoms in total. The van der Waals surface area contributed by atoms with Crippen molar-refractivity contribution in [2.45, 2.75) is 52.9 Å². The van der Waals surface area contributed by atoms with Gasteiger partial charge < -0.3 is 5.41 Å². The summed E-state index contributed by atoms with van der Waals surface area (Å²) in [6.07, 6.45) is 6.10. The van der Waals surface area contributed by atoms with Crippen LogP contribution in [-0.4, -0.2) is 5.71 Å². The van der Waals surface area contributed by atoms with Gasteiger partial charge in [-0.05, 0) is 43.4 Å². The summed E-state index contributed by atoms with van der Waals surface area (Å²) in [6.45, 7) is 6.85. The molecule has 1 N–H and O–H groups in total. The van der Waals surface area contributed by atoms with Crippen LogP contribution in [0.4, 0.5) is 0 Å². The van der Waals surface area contributed by atoms with Gasteiger partial charge in [0, 0.05) is 5.71 Å². The Hall–Kier alpha value is -0.330. The zero-order valence-corrected chi connectivity index (χ0v) is 8.61. The summed E-state index contributed by atoms with van der Waals surface area (Å²) < 4.78 is 0. The molecule has 0 aliphatic heterocycles. The van der Waals surface area contributed by atoms with Gasteiger partial charge in [0.2, 0.25) is 0 Å². The highest BCUT2D eigenvalue weighted by atomic mass is 14.5. The van der Waals surface area contributed by atoms with Crippen LogP contribution in [0.1, 0.15) is 52.9 Å². The Labute approximate surface area is 76.1 Å². The summed E-state index contributed by atoms with van der Waals surface area (Å²) in [6, 6.07) is 0. The van der Waals surface area contributed by atoms with E-state index in [1.54, 1.807) is 0 Å². The Balaban J connectivity index is 2.27. The van der Waals surface area contributed by atoms with Crippen LogP contribution < -0.4 is 0 Å². The van der Waals surface area contributed by atoms with E-state index in [1.807, 2.05) is 0 Å². The normalized spacial score (nSPS) is 24.9. The van der Waals surface area contributed by atoms with Crippen molar-refractivity contribution in [2.75, 3.05) is 0 Å². The molecular weight excluding hydrogens is 146 g/mol. The maximum absolute atomic E-state index is 7.71. The van der Waals surface area contributed by atoms with Gasteiger partial charge in [-0.15, -0.1) is 0 Å². The molecule has 1 fully saturated rings. The maximum atomic E-state index is 7.71. The number of nitrogens with one attached hydrogen (secondary N) is 1. The molecular formula is C11H21N. The predicted molar refractivity (Wildman–Crippen MR) is 53.8 cm³/mol. The van der Waals surface area contributed by atoms with Gasteiger partial charge in [0.15, 0.2) is 0 Å². The van der Waals surface area contributed by atoms with Crippen molar-refractivity contribution < 1.29 is 0 Å². The lowest BCUT2D eigenvalue weighted by atomic mass is 9.86. The van der Waals surface area contributed by atoms with E-state index < -0.39 is 0 Å². The monoisotopic (exact) mass is 167 g/mol. The lowest BCUT2D eigenvalue weighted by Gasteiger charge is -2.20. The SMILES string of the molecule is CC(C)(C)CCC1CCCC1=N. The van der Waals surface area contributed by atoms with Crippen molar-refractivity contribution >= 4 is 5.71 Å². The molecule has 0 bridgehead atoms. The summed E-state index contributed by atoms with van der Waals surface area (Å²) in [5.41, 5.74) is 1.46. The van der Waals surface area contributed by atoms with Crippen LogP contribution in [0.25, 0.3) is 0 Å². The summed E-state index contributed by atoms with van der Waals surface area (Å²) in [5.74, 6) is 0.629. The minimum Gasteiger partial charge on any atom is -0.309 e. The second-order valence-corrected chi connectivity index (χ2v) is 5.21. The van der Waals surface area contributed by atoms with Crippen LogP contribution >= 0.6 is 0 Å². The van der Waals surface area contributed by atoms with Gasteiger partial charge in [0.25, 0.3) is 0 Å². The van der Waals surface area contributed by atoms with Crippen LogP contribution in [0.15, 0.2) is 0 Å². The maximum Gasteiger partial charge on any atom is 0.0120 e. The van der Waals surface area contributed by atoms with Crippen molar-refractivity contribution in [1.82, 2.24) is 0 Å². The van der Waals surface area contributed by atoms with Crippen molar-refractivity contribution in [1.29, 1.82) is 5.41 Å². The third-order valence-electron chi connectivity index (χ3n) is 2.73. The molecule has 0 amide bonds. The highest BCUT2D eigenvalue weighted by molar-refractivity contribution is 5.85. The van der Waals surface area contributed by atoms with Crippen molar-refractivity contribution in [2.24, 2.45) is 11.3 Å². The smallest absolute Gasteiger partial charge is 0.0120 e. The zero-order chi connectivity index (χ0) is 9.19. The molecule has 0 aromatic heterocycles. The van der Waals surface area contributed by atoms with E-state index in [2.05, 4.69) is 20.8 Å². The van der Waals surface area contributed by atoms with E-state index in [-0.39, 0.29) is 0 Å². The van der Waals surface area contributed by atoms with Crippen molar-refractivity contribution in [3.8, 4) is 0 Å². The van der Waals surface area contributed by atoms with Gasteiger partial charge in [-0.25, -0.2) is 0 Å². The lowest BCUT2D eigenvalue weighted by Crippen LogP contribution is -2.11. The molecule has 1 saturated carbocycles. The summed E-state index contributed by atoms with van der Waals surface area (Å²) in [4.78, 5) is 0. The molecule has 1 atom stereocenters. The van der Waals surface area contributed by atoms with Gasteiger partial charge in [0.1, 0.15) is 0 Å². The minimum atomic E-state index is 0.447. The Morgan fingerprint density at radius 3 is 2.50 bits per heavy atom. The second-order valence-electron chi connectivity index (χ2n) is 5.21. The lowest BCUT2D eigenvalue weighted by molar-refractivity contribution is 0.345. The van der Waals surface area contributed by atoms with Crippen LogP contribution in [0.3, 0.4) is 0 Å². The highest BCUT2D eigenvalue weighted by Crippen LogP contribution is 2.30. The molecule has 70 valence electrons. The number of hydrogen-bond donors (Lipinski definition) is 1. The van der Waals surface area contributed by atoms with Gasteiger partial charge in [-0.2, -0.15) is 0 Å². The van der Waals surface area contributed by atoms with E-state index in [1.165, 1.54) is 25.7 Å². The van der Waals surface area contributed by atoms with Crippen LogP contribution in [0.5, 0.6) is 0 Å². The molecule has 1 heteroatoms. The first kappa shape index (κ1) is 9.76. The first-order chi connectivity index (χ1) is 5.49. The van der Waals surface area contributed by atoms with E-state index in [0.29, 0.717) is 11.3 Å². The van der Waals surface area contributed by atoms with Crippen molar-refractivity contribution in [3.63, 3.8) is 0 Å². The topological polar surface area (TPSA) is 23.9 Å². The molecule has 0 aromatic carbocycles. The molecule has 1 aliphatic rings. The Morgan fingerprint density at radius 1 is 1.42 bits per heavy atom. The summed E-state index contributed by atoms with van der Waals surface area (Å²) in [5, 5.41) is 7.71. The number of rotatable bonds is 2. The van der Waals surface area contributed by atoms with Gasteiger partial charge in [-0.3, -0.25) is 0 Å². The van der Waals surface area contributed by atoms with Gasteiger partial charge >= 0.3 is 0 Å². The molecule has 12 heavy (non-hydrogen) atoms. The molecule has 0 aromatic rings. The third kappa shape index (κ3) is 2.96. The van der Waals surface area contributed by atoms with Crippen molar-refractivity contribution in [3.05, 3.63) is 0 Å². The standard InChI is InChI=1S/C11H21N/c1-11(2,3)8-7-9-5-4-6-10(9)12/h9,12H,4-8H2,1-3H3. The molecule has 1 aliphatic carbocycles. The summed E-state index contributed by atoms with van der Waals surface area (Å²) in [7, 11) is 0. The molecule has 1 unspecified atom stereocenters. The first-order valence-corrected chi connectivity index (χ1v) is 5.06. The average molecular weight is 167 g/mol. The molecule has 0 radical (unpaired) electrons. The Bertz CT molecular complexity index is 164. The van der Waals surface area contributed by atoms with Gasteiger partial charge in [-0.1, -0.05) is 20.8 Å². The fourth-order valence-corrected chi connectivity index (χ4v) is 1.84. The van der Waals surface area contributed by atoms with Gasteiger partial charge in [0.05, 0.1) is 0 Å². The second kappa shape index (κ2) is 3.59. The van der Waals surface area contributed by atoms with Crippen LogP contribution in [0.2, 0.25) is 0 Å². The first-order valence-electron chi connectivity index (χ1n) is 5.06. The Kier molecular flexibility index (Phi) is 2.92. The quantitative estimate of drug-likeness (QED) is 0.649. The summed E-state index contributed by atoms with van der Waals surface area (Å²) >= 11 is 0. The highest BCUT2D eigenvalue weighted by Gasteiger charge is 2.22. The third-order valence-corrected chi connectivity index (χ3v) is 2.73.